The Balaban J connectivity index is 3.05. The van der Waals surface area contributed by atoms with Gasteiger partial charge in [-0.05, 0) is 6.08 Å². The summed E-state index contributed by atoms with van der Waals surface area (Å²) in [5.74, 6) is 0. The van der Waals surface area contributed by atoms with Crippen molar-refractivity contribution >= 4 is 23.0 Å². The third kappa shape index (κ3) is 6.10. The van der Waals surface area contributed by atoms with Crippen molar-refractivity contribution in [3.05, 3.63) is 11.6 Å². The number of rotatable bonds is 3. The van der Waals surface area contributed by atoms with Crippen molar-refractivity contribution < 1.29 is 12.9 Å². The van der Waals surface area contributed by atoms with E-state index in [0.29, 0.717) is 0 Å². The lowest BCUT2D eigenvalue weighted by molar-refractivity contribution is 0.334. The SMILES string of the molecule is O=S([O-])OCC=CCl. The summed E-state index contributed by atoms with van der Waals surface area (Å²) in [4.78, 5) is 0. The van der Waals surface area contributed by atoms with E-state index in [1.807, 2.05) is 0 Å². The Kier molecular flexibility index (Phi) is 5.31. The lowest BCUT2D eigenvalue weighted by Crippen LogP contribution is -1.93. The van der Waals surface area contributed by atoms with Crippen LogP contribution >= 0.6 is 11.6 Å². The fourth-order valence-electron chi connectivity index (χ4n) is 0.131. The highest BCUT2D eigenvalue weighted by Crippen LogP contribution is 1.82. The van der Waals surface area contributed by atoms with E-state index in [1.165, 1.54) is 11.6 Å². The zero-order valence-corrected chi connectivity index (χ0v) is 5.45. The van der Waals surface area contributed by atoms with Crippen LogP contribution in [0.25, 0.3) is 0 Å². The van der Waals surface area contributed by atoms with Crippen molar-refractivity contribution in [3.8, 4) is 0 Å². The monoisotopic (exact) mass is 155 g/mol. The van der Waals surface area contributed by atoms with Gasteiger partial charge in [0.1, 0.15) is 0 Å². The van der Waals surface area contributed by atoms with Crippen molar-refractivity contribution in [1.29, 1.82) is 0 Å². The second kappa shape index (κ2) is 5.24. The van der Waals surface area contributed by atoms with Gasteiger partial charge in [0.15, 0.2) is 0 Å². The van der Waals surface area contributed by atoms with Crippen LogP contribution < -0.4 is 0 Å². The number of halogens is 1. The van der Waals surface area contributed by atoms with Crippen molar-refractivity contribution in [2.24, 2.45) is 0 Å². The predicted molar refractivity (Wildman–Crippen MR) is 29.9 cm³/mol. The van der Waals surface area contributed by atoms with E-state index in [2.05, 4.69) is 4.18 Å². The minimum absolute atomic E-state index is 0.000386. The lowest BCUT2D eigenvalue weighted by atomic mass is 10.7. The predicted octanol–water partition coefficient (Wildman–Crippen LogP) is 0.550. The van der Waals surface area contributed by atoms with Crippen LogP contribution in [0.2, 0.25) is 0 Å². The molecule has 1 unspecified atom stereocenters. The maximum Gasteiger partial charge on any atom is 0.0845 e. The molecule has 0 rings (SSSR count). The fourth-order valence-corrected chi connectivity index (χ4v) is 0.394. The average Bonchev–Trinajstić information content (AvgIpc) is 1.66. The third-order valence-corrected chi connectivity index (χ3v) is 0.856. The maximum absolute atomic E-state index is 9.57. The maximum atomic E-state index is 9.57. The van der Waals surface area contributed by atoms with E-state index in [1.54, 1.807) is 0 Å². The first-order chi connectivity index (χ1) is 3.77. The van der Waals surface area contributed by atoms with Crippen LogP contribution in [0.15, 0.2) is 11.6 Å². The highest BCUT2D eigenvalue weighted by molar-refractivity contribution is 7.74. The van der Waals surface area contributed by atoms with Crippen molar-refractivity contribution in [3.63, 3.8) is 0 Å². The number of hydrogen-bond donors (Lipinski definition) is 0. The Hall–Kier alpha value is 0.1000. The number of hydrogen-bond acceptors (Lipinski definition) is 3. The van der Waals surface area contributed by atoms with E-state index >= 15 is 0 Å². The van der Waals surface area contributed by atoms with E-state index in [9.17, 15) is 8.76 Å². The van der Waals surface area contributed by atoms with Crippen LogP contribution in [0.5, 0.6) is 0 Å². The Morgan fingerprint density at radius 2 is 2.50 bits per heavy atom. The molecule has 5 heteroatoms. The average molecular weight is 156 g/mol. The molecule has 0 aromatic heterocycles. The summed E-state index contributed by atoms with van der Waals surface area (Å²) in [6.45, 7) is -0.000386. The van der Waals surface area contributed by atoms with Gasteiger partial charge in [0.25, 0.3) is 0 Å². The molecule has 0 N–H and O–H groups in total. The van der Waals surface area contributed by atoms with Crippen molar-refractivity contribution in [2.75, 3.05) is 6.61 Å². The van der Waals surface area contributed by atoms with Gasteiger partial charge in [0, 0.05) is 5.54 Å². The molecular formula is C3H4ClO3S-. The second-order valence-corrected chi connectivity index (χ2v) is 1.75. The molecule has 0 heterocycles. The highest BCUT2D eigenvalue weighted by atomic mass is 35.5. The molecule has 0 aliphatic heterocycles. The molecule has 48 valence electrons. The van der Waals surface area contributed by atoms with Crippen molar-refractivity contribution in [2.45, 2.75) is 0 Å². The standard InChI is InChI=1S/C3H5ClO3S/c4-2-1-3-7-8(5)6/h1-2H,3H2,(H,5,6)/p-1. The molecule has 0 saturated carbocycles. The molecular weight excluding hydrogens is 152 g/mol. The van der Waals surface area contributed by atoms with E-state index in [0.717, 1.165) is 0 Å². The van der Waals surface area contributed by atoms with E-state index in [4.69, 9.17) is 11.6 Å². The summed E-state index contributed by atoms with van der Waals surface area (Å²) in [5, 5.41) is 0. The Labute approximate surface area is 54.8 Å². The molecule has 0 aliphatic carbocycles. The van der Waals surface area contributed by atoms with Crippen LogP contribution in [-0.4, -0.2) is 15.4 Å². The third-order valence-electron chi connectivity index (χ3n) is 0.350. The largest absolute Gasteiger partial charge is 0.750 e. The van der Waals surface area contributed by atoms with Gasteiger partial charge in [-0.3, -0.25) is 4.18 Å². The van der Waals surface area contributed by atoms with Gasteiger partial charge in [0.2, 0.25) is 0 Å². The van der Waals surface area contributed by atoms with Crippen LogP contribution in [0.4, 0.5) is 0 Å². The first-order valence-corrected chi connectivity index (χ1v) is 3.18. The minimum atomic E-state index is -2.43. The van der Waals surface area contributed by atoms with Crippen LogP contribution in [0.3, 0.4) is 0 Å². The summed E-state index contributed by atoms with van der Waals surface area (Å²) in [5.41, 5.74) is 1.19. The van der Waals surface area contributed by atoms with Gasteiger partial charge < -0.3 is 4.55 Å². The molecule has 0 fully saturated rings. The van der Waals surface area contributed by atoms with Crippen LogP contribution in [0, 0.1) is 0 Å². The molecule has 0 radical (unpaired) electrons. The summed E-state index contributed by atoms with van der Waals surface area (Å²) in [7, 11) is 0. The first kappa shape index (κ1) is 8.10. The van der Waals surface area contributed by atoms with Crippen molar-refractivity contribution in [1.82, 2.24) is 0 Å². The van der Waals surface area contributed by atoms with Crippen LogP contribution in [0.1, 0.15) is 0 Å². The molecule has 0 aliphatic rings. The summed E-state index contributed by atoms with van der Waals surface area (Å²) < 4.78 is 23.2. The normalized spacial score (nSPS) is 14.8. The van der Waals surface area contributed by atoms with Gasteiger partial charge in [-0.2, -0.15) is 0 Å². The molecule has 0 amide bonds. The molecule has 0 bridgehead atoms. The van der Waals surface area contributed by atoms with Gasteiger partial charge in [-0.1, -0.05) is 11.6 Å². The smallest absolute Gasteiger partial charge is 0.0845 e. The highest BCUT2D eigenvalue weighted by Gasteiger charge is 1.75. The fraction of sp³-hybridized carbons (Fsp3) is 0.333. The van der Waals surface area contributed by atoms with Crippen LogP contribution in [-0.2, 0) is 15.5 Å². The topological polar surface area (TPSA) is 49.4 Å². The van der Waals surface area contributed by atoms with E-state index < -0.39 is 11.4 Å². The molecule has 0 aromatic carbocycles. The van der Waals surface area contributed by atoms with Gasteiger partial charge in [-0.25, -0.2) is 4.21 Å². The molecule has 0 saturated heterocycles. The molecule has 1 atom stereocenters. The zero-order valence-electron chi connectivity index (χ0n) is 3.87. The Morgan fingerprint density at radius 1 is 1.88 bits per heavy atom. The lowest BCUT2D eigenvalue weighted by Gasteiger charge is -1.99. The quantitative estimate of drug-likeness (QED) is 0.560. The zero-order chi connectivity index (χ0) is 6.41. The van der Waals surface area contributed by atoms with Gasteiger partial charge in [-0.15, -0.1) is 0 Å². The Morgan fingerprint density at radius 3 is 2.88 bits per heavy atom. The molecule has 0 aromatic rings. The Bertz CT molecular complexity index is 103. The molecule has 8 heavy (non-hydrogen) atoms. The van der Waals surface area contributed by atoms with Gasteiger partial charge >= 0.3 is 0 Å². The summed E-state index contributed by atoms with van der Waals surface area (Å²) in [6, 6.07) is 0. The second-order valence-electron chi connectivity index (χ2n) is 0.850. The first-order valence-electron chi connectivity index (χ1n) is 1.75. The molecule has 3 nitrogen and oxygen atoms in total. The minimum Gasteiger partial charge on any atom is -0.750 e. The summed E-state index contributed by atoms with van der Waals surface area (Å²) in [6.07, 6.45) is 1.37. The molecule has 0 spiro atoms. The van der Waals surface area contributed by atoms with E-state index in [-0.39, 0.29) is 6.61 Å². The van der Waals surface area contributed by atoms with Gasteiger partial charge in [0.05, 0.1) is 18.0 Å². The summed E-state index contributed by atoms with van der Waals surface area (Å²) >= 11 is 2.60.